The summed E-state index contributed by atoms with van der Waals surface area (Å²) < 4.78 is 2.00. The van der Waals surface area contributed by atoms with Gasteiger partial charge in [-0.15, -0.1) is 10.2 Å². The van der Waals surface area contributed by atoms with Gasteiger partial charge in [0.15, 0.2) is 5.82 Å². The molecule has 0 unspecified atom stereocenters. The number of aliphatic imine (C=N–C) groups is 1. The van der Waals surface area contributed by atoms with Gasteiger partial charge in [-0.3, -0.25) is 14.4 Å². The fourth-order valence-electron chi connectivity index (χ4n) is 4.77. The summed E-state index contributed by atoms with van der Waals surface area (Å²) in [6.45, 7) is 8.17. The first-order valence-corrected chi connectivity index (χ1v) is 16.0. The highest BCUT2D eigenvalue weighted by Gasteiger charge is 2.30. The van der Waals surface area contributed by atoms with Crippen LogP contribution in [0.25, 0.3) is 16.8 Å². The fourth-order valence-corrected chi connectivity index (χ4v) is 5.87. The summed E-state index contributed by atoms with van der Waals surface area (Å²) in [6, 6.07) is 21.4. The van der Waals surface area contributed by atoms with Crippen LogP contribution in [0.5, 0.6) is 0 Å². The minimum absolute atomic E-state index is 0.0917. The molecule has 1 aliphatic rings. The molecule has 2 N–H and O–H groups in total. The van der Waals surface area contributed by atoms with Crippen LogP contribution in [0.3, 0.4) is 0 Å². The first-order valence-electron chi connectivity index (χ1n) is 12.7. The summed E-state index contributed by atoms with van der Waals surface area (Å²) in [6.07, 6.45) is 0.159. The molecule has 1 amide bonds. The molecule has 2 heterocycles. The molecule has 5 rings (SSSR count). The van der Waals surface area contributed by atoms with Crippen LogP contribution >= 0.6 is 11.6 Å². The van der Waals surface area contributed by atoms with Crippen molar-refractivity contribution in [1.29, 1.82) is 0 Å². The molecule has 3 aromatic carbocycles. The Morgan fingerprint density at radius 3 is 2.32 bits per heavy atom. The van der Waals surface area contributed by atoms with Crippen molar-refractivity contribution in [3.05, 3.63) is 94.5 Å². The van der Waals surface area contributed by atoms with Gasteiger partial charge >= 0.3 is 0 Å². The lowest BCUT2D eigenvalue weighted by atomic mass is 9.95. The molecule has 1 aliphatic heterocycles. The zero-order valence-electron chi connectivity index (χ0n) is 21.9. The van der Waals surface area contributed by atoms with Gasteiger partial charge in [0.05, 0.1) is 17.8 Å². The summed E-state index contributed by atoms with van der Waals surface area (Å²) in [5, 5.41) is 13.3. The van der Waals surface area contributed by atoms with Crippen LogP contribution < -0.4 is 10.5 Å². The highest BCUT2D eigenvalue weighted by Crippen LogP contribution is 2.35. The van der Waals surface area contributed by atoms with Gasteiger partial charge in [0.1, 0.15) is 11.9 Å². The summed E-state index contributed by atoms with van der Waals surface area (Å²) in [5.41, 5.74) is 5.52. The molecule has 38 heavy (non-hydrogen) atoms. The van der Waals surface area contributed by atoms with Crippen LogP contribution in [0.2, 0.25) is 18.1 Å². The number of carbonyl (C=O) groups excluding carboxylic acids is 1. The molecular weight excluding hydrogens is 514 g/mol. The predicted molar refractivity (Wildman–Crippen MR) is 154 cm³/mol. The zero-order chi connectivity index (χ0) is 27.0. The number of rotatable bonds is 6. The van der Waals surface area contributed by atoms with Gasteiger partial charge in [0.25, 0.3) is 0 Å². The molecule has 0 aliphatic carbocycles. The molecule has 9 heteroatoms. The first-order chi connectivity index (χ1) is 18.2. The molecule has 0 spiro atoms. The summed E-state index contributed by atoms with van der Waals surface area (Å²) in [5.74, 6) is 1.26. The minimum Gasteiger partial charge on any atom is -0.428 e. The Kier molecular flexibility index (Phi) is 7.05. The number of hydrogen-bond donors (Lipinski definition) is 2. The van der Waals surface area contributed by atoms with E-state index in [0.29, 0.717) is 17.4 Å². The van der Waals surface area contributed by atoms with Crippen LogP contribution in [0.1, 0.15) is 42.2 Å². The standard InChI is InChI=1S/C29H30ClN5O2Si/c1-5-31-27(36)17-25-29-34-33-18(2)35(29)26-15-10-21(19-8-13-23(14-9-19)38(3,4)37)16-24(26)28(32-25)20-6-11-22(30)12-7-20/h6-16,25,37H,5,17H2,1-4H3,(H,31,36)/t25-/m0/s1. The lowest BCUT2D eigenvalue weighted by molar-refractivity contribution is -0.121. The maximum absolute atomic E-state index is 12.7. The maximum Gasteiger partial charge on any atom is 0.222 e. The number of benzene rings is 3. The van der Waals surface area contributed by atoms with Gasteiger partial charge in [-0.05, 0) is 67.5 Å². The second-order valence-corrected chi connectivity index (χ2v) is 14.1. The molecule has 7 nitrogen and oxygen atoms in total. The van der Waals surface area contributed by atoms with Crippen molar-refractivity contribution in [3.63, 3.8) is 0 Å². The number of nitrogens with zero attached hydrogens (tertiary/aromatic N) is 4. The lowest BCUT2D eigenvalue weighted by Gasteiger charge is -2.16. The van der Waals surface area contributed by atoms with Crippen molar-refractivity contribution in [2.45, 2.75) is 39.4 Å². The third-order valence-corrected chi connectivity index (χ3v) is 8.72. The number of amides is 1. The van der Waals surface area contributed by atoms with Gasteiger partial charge in [0, 0.05) is 22.7 Å². The van der Waals surface area contributed by atoms with Crippen molar-refractivity contribution in [2.24, 2.45) is 4.99 Å². The minimum atomic E-state index is -2.39. The monoisotopic (exact) mass is 543 g/mol. The Labute approximate surface area is 228 Å². The molecular formula is C29H30ClN5O2Si. The number of halogens is 1. The molecule has 0 saturated heterocycles. The van der Waals surface area contributed by atoms with Crippen molar-refractivity contribution >= 4 is 36.7 Å². The lowest BCUT2D eigenvalue weighted by Crippen LogP contribution is -2.41. The molecule has 1 aromatic heterocycles. The zero-order valence-corrected chi connectivity index (χ0v) is 23.6. The highest BCUT2D eigenvalue weighted by molar-refractivity contribution is 6.83. The van der Waals surface area contributed by atoms with Gasteiger partial charge < -0.3 is 10.1 Å². The average Bonchev–Trinajstić information content (AvgIpc) is 3.21. The molecule has 0 fully saturated rings. The van der Waals surface area contributed by atoms with E-state index < -0.39 is 14.4 Å². The molecule has 1 atom stereocenters. The number of fused-ring (bicyclic) bond motifs is 3. The normalized spacial score (nSPS) is 14.8. The van der Waals surface area contributed by atoms with E-state index in [-0.39, 0.29) is 12.3 Å². The van der Waals surface area contributed by atoms with Crippen molar-refractivity contribution in [3.8, 4) is 16.8 Å². The van der Waals surface area contributed by atoms with E-state index in [0.717, 1.165) is 44.7 Å². The number of aryl methyl sites for hydroxylation is 1. The summed E-state index contributed by atoms with van der Waals surface area (Å²) >= 11 is 6.21. The SMILES string of the molecule is CCNC(=O)C[C@@H]1N=C(c2ccc(Cl)cc2)c2cc(-c3ccc([Si](C)(C)O)cc3)ccc2-n2c(C)nnc21. The van der Waals surface area contributed by atoms with E-state index in [4.69, 9.17) is 16.6 Å². The van der Waals surface area contributed by atoms with Crippen LogP contribution in [0.4, 0.5) is 0 Å². The summed E-state index contributed by atoms with van der Waals surface area (Å²) in [7, 11) is -2.39. The van der Waals surface area contributed by atoms with E-state index in [1.807, 2.05) is 80.0 Å². The Morgan fingerprint density at radius 1 is 1.00 bits per heavy atom. The van der Waals surface area contributed by atoms with E-state index in [1.165, 1.54) is 0 Å². The quantitative estimate of drug-likeness (QED) is 0.344. The molecule has 4 aromatic rings. The van der Waals surface area contributed by atoms with Crippen LogP contribution in [0.15, 0.2) is 71.7 Å². The number of carbonyl (C=O) groups is 1. The third-order valence-electron chi connectivity index (χ3n) is 6.72. The van der Waals surface area contributed by atoms with E-state index in [2.05, 4.69) is 33.7 Å². The van der Waals surface area contributed by atoms with Crippen LogP contribution in [-0.4, -0.2) is 46.0 Å². The number of nitrogens with one attached hydrogen (secondary N) is 1. The van der Waals surface area contributed by atoms with E-state index >= 15 is 0 Å². The smallest absolute Gasteiger partial charge is 0.222 e. The predicted octanol–water partition coefficient (Wildman–Crippen LogP) is 4.72. The summed E-state index contributed by atoms with van der Waals surface area (Å²) in [4.78, 5) is 28.3. The number of aromatic nitrogens is 3. The van der Waals surface area contributed by atoms with Crippen LogP contribution in [0, 0.1) is 6.92 Å². The first kappa shape index (κ1) is 26.0. The Balaban J connectivity index is 1.70. The number of hydrogen-bond acceptors (Lipinski definition) is 5. The highest BCUT2D eigenvalue weighted by atomic mass is 35.5. The van der Waals surface area contributed by atoms with E-state index in [1.54, 1.807) is 0 Å². The van der Waals surface area contributed by atoms with Gasteiger partial charge in [-0.2, -0.15) is 0 Å². The molecule has 0 bridgehead atoms. The second kappa shape index (κ2) is 10.3. The van der Waals surface area contributed by atoms with Gasteiger partial charge in [-0.25, -0.2) is 0 Å². The van der Waals surface area contributed by atoms with Gasteiger partial charge in [0.2, 0.25) is 14.2 Å². The average molecular weight is 544 g/mol. The molecule has 194 valence electrons. The molecule has 0 saturated carbocycles. The van der Waals surface area contributed by atoms with E-state index in [9.17, 15) is 9.59 Å². The van der Waals surface area contributed by atoms with Crippen molar-refractivity contribution in [2.75, 3.05) is 6.54 Å². The Bertz CT molecular complexity index is 1520. The molecule has 0 radical (unpaired) electrons. The van der Waals surface area contributed by atoms with Crippen LogP contribution in [-0.2, 0) is 4.79 Å². The topological polar surface area (TPSA) is 92.4 Å². The van der Waals surface area contributed by atoms with Gasteiger partial charge in [-0.1, -0.05) is 54.1 Å². The fraction of sp³-hybridized carbons (Fsp3) is 0.241. The largest absolute Gasteiger partial charge is 0.428 e. The maximum atomic E-state index is 12.7. The Morgan fingerprint density at radius 2 is 1.66 bits per heavy atom. The second-order valence-electron chi connectivity index (χ2n) is 9.97. The van der Waals surface area contributed by atoms with Crippen molar-refractivity contribution in [1.82, 2.24) is 20.1 Å². The Hall–Kier alpha value is -3.59. The third kappa shape index (κ3) is 5.07. The van der Waals surface area contributed by atoms with Crippen molar-refractivity contribution < 1.29 is 9.59 Å².